The molecular weight excluding hydrogens is 422 g/mol. The topological polar surface area (TPSA) is 52.7 Å². The van der Waals surface area contributed by atoms with Crippen LogP contribution in [0.15, 0.2) is 60.2 Å². The van der Waals surface area contributed by atoms with Crippen LogP contribution in [0.2, 0.25) is 5.02 Å². The van der Waals surface area contributed by atoms with Gasteiger partial charge < -0.3 is 10.2 Å². The summed E-state index contributed by atoms with van der Waals surface area (Å²) in [5.74, 6) is -0.0919. The molecule has 0 atom stereocenters. The number of halogens is 1. The number of carbonyl (C=O) groups is 2. The highest BCUT2D eigenvalue weighted by Crippen LogP contribution is 2.23. The fraction of sp³-hybridized carbons (Fsp3) is 0.385. The fourth-order valence-electron chi connectivity index (χ4n) is 4.36. The zero-order chi connectivity index (χ0) is 22.3. The summed E-state index contributed by atoms with van der Waals surface area (Å²) in [6, 6.07) is 14.9. The van der Waals surface area contributed by atoms with Gasteiger partial charge >= 0.3 is 6.03 Å². The Hall–Kier alpha value is -2.79. The number of urea groups is 1. The SMILES string of the molecule is O=C(NCCC1=CCCCC1)c1cccc(N2CCCN(Cc3ccc(Cl)cc3)C2=O)c1. The van der Waals surface area contributed by atoms with E-state index in [2.05, 4.69) is 11.4 Å². The van der Waals surface area contributed by atoms with Crippen LogP contribution < -0.4 is 10.2 Å². The van der Waals surface area contributed by atoms with Gasteiger partial charge in [0.05, 0.1) is 0 Å². The summed E-state index contributed by atoms with van der Waals surface area (Å²) in [6.07, 6.45) is 8.93. The Kier molecular flexibility index (Phi) is 7.48. The molecule has 2 aromatic carbocycles. The summed E-state index contributed by atoms with van der Waals surface area (Å²) in [7, 11) is 0. The van der Waals surface area contributed by atoms with E-state index >= 15 is 0 Å². The van der Waals surface area contributed by atoms with Crippen LogP contribution in [0.3, 0.4) is 0 Å². The Labute approximate surface area is 195 Å². The molecule has 1 N–H and O–H groups in total. The number of amides is 3. The van der Waals surface area contributed by atoms with Crippen molar-refractivity contribution in [3.63, 3.8) is 0 Å². The van der Waals surface area contributed by atoms with Crippen molar-refractivity contribution >= 4 is 29.2 Å². The summed E-state index contributed by atoms with van der Waals surface area (Å²) in [4.78, 5) is 29.4. The summed E-state index contributed by atoms with van der Waals surface area (Å²) >= 11 is 5.97. The molecule has 168 valence electrons. The maximum absolute atomic E-state index is 13.1. The van der Waals surface area contributed by atoms with Crippen LogP contribution in [0.5, 0.6) is 0 Å². The summed E-state index contributed by atoms with van der Waals surface area (Å²) < 4.78 is 0. The molecule has 2 aromatic rings. The lowest BCUT2D eigenvalue weighted by atomic mass is 9.97. The molecule has 5 nitrogen and oxygen atoms in total. The van der Waals surface area contributed by atoms with E-state index in [0.717, 1.165) is 36.9 Å². The molecule has 1 aliphatic carbocycles. The second kappa shape index (κ2) is 10.7. The first-order valence-electron chi connectivity index (χ1n) is 11.5. The number of allylic oxidation sites excluding steroid dienone is 1. The van der Waals surface area contributed by atoms with Crippen molar-refractivity contribution in [3.05, 3.63) is 76.3 Å². The number of nitrogens with one attached hydrogen (secondary N) is 1. The highest BCUT2D eigenvalue weighted by atomic mass is 35.5. The lowest BCUT2D eigenvalue weighted by molar-refractivity contribution is 0.0954. The molecule has 2 aliphatic rings. The number of nitrogens with zero attached hydrogens (tertiary/aromatic N) is 2. The Balaban J connectivity index is 1.37. The molecule has 0 aromatic heterocycles. The molecule has 3 amide bonds. The third kappa shape index (κ3) is 5.71. The van der Waals surface area contributed by atoms with Crippen molar-refractivity contribution in [3.8, 4) is 0 Å². The number of hydrogen-bond donors (Lipinski definition) is 1. The van der Waals surface area contributed by atoms with Gasteiger partial charge in [-0.25, -0.2) is 4.79 Å². The first kappa shape index (κ1) is 22.4. The molecular formula is C26H30ClN3O2. The van der Waals surface area contributed by atoms with Crippen molar-refractivity contribution in [2.45, 2.75) is 45.1 Å². The van der Waals surface area contributed by atoms with Gasteiger partial charge in [0.1, 0.15) is 0 Å². The zero-order valence-corrected chi connectivity index (χ0v) is 19.1. The van der Waals surface area contributed by atoms with Crippen LogP contribution in [-0.2, 0) is 6.54 Å². The molecule has 0 saturated carbocycles. The molecule has 0 bridgehead atoms. The average molecular weight is 452 g/mol. The summed E-state index contributed by atoms with van der Waals surface area (Å²) in [5.41, 5.74) is 3.84. The van der Waals surface area contributed by atoms with Crippen molar-refractivity contribution in [1.82, 2.24) is 10.2 Å². The molecule has 1 aliphatic heterocycles. The van der Waals surface area contributed by atoms with Crippen molar-refractivity contribution in [1.29, 1.82) is 0 Å². The summed E-state index contributed by atoms with van der Waals surface area (Å²) in [5, 5.41) is 3.72. The number of carbonyl (C=O) groups excluding carboxylic acids is 2. The van der Waals surface area contributed by atoms with Gasteiger partial charge in [-0.2, -0.15) is 0 Å². The van der Waals surface area contributed by atoms with E-state index in [0.29, 0.717) is 36.8 Å². The molecule has 0 unspecified atom stereocenters. The van der Waals surface area contributed by atoms with Gasteiger partial charge in [-0.1, -0.05) is 41.4 Å². The monoisotopic (exact) mass is 451 g/mol. The Morgan fingerprint density at radius 2 is 1.88 bits per heavy atom. The van der Waals surface area contributed by atoms with Crippen LogP contribution in [0.25, 0.3) is 0 Å². The third-order valence-corrected chi connectivity index (χ3v) is 6.39. The quantitative estimate of drug-likeness (QED) is 0.541. The third-order valence-electron chi connectivity index (χ3n) is 6.13. The highest BCUT2D eigenvalue weighted by molar-refractivity contribution is 6.30. The Morgan fingerprint density at radius 1 is 1.03 bits per heavy atom. The smallest absolute Gasteiger partial charge is 0.324 e. The van der Waals surface area contributed by atoms with Crippen LogP contribution >= 0.6 is 11.6 Å². The predicted molar refractivity (Wildman–Crippen MR) is 129 cm³/mol. The van der Waals surface area contributed by atoms with E-state index in [4.69, 9.17) is 11.6 Å². The Bertz CT molecular complexity index is 987. The van der Waals surface area contributed by atoms with Gasteiger partial charge in [0.2, 0.25) is 0 Å². The lowest BCUT2D eigenvalue weighted by Crippen LogP contribution is -2.49. The van der Waals surface area contributed by atoms with Gasteiger partial charge in [0, 0.05) is 42.5 Å². The molecule has 32 heavy (non-hydrogen) atoms. The average Bonchev–Trinajstić information content (AvgIpc) is 2.82. The van der Waals surface area contributed by atoms with Crippen LogP contribution in [0.1, 0.15) is 54.4 Å². The number of hydrogen-bond acceptors (Lipinski definition) is 2. The van der Waals surface area contributed by atoms with Crippen LogP contribution in [-0.4, -0.2) is 36.5 Å². The second-order valence-electron chi connectivity index (χ2n) is 8.50. The molecule has 0 spiro atoms. The minimum atomic E-state index is -0.0919. The largest absolute Gasteiger partial charge is 0.352 e. The van der Waals surface area contributed by atoms with E-state index < -0.39 is 0 Å². The van der Waals surface area contributed by atoms with E-state index in [1.54, 1.807) is 11.0 Å². The fourth-order valence-corrected chi connectivity index (χ4v) is 4.49. The second-order valence-corrected chi connectivity index (χ2v) is 8.94. The first-order chi connectivity index (χ1) is 15.6. The summed E-state index contributed by atoms with van der Waals surface area (Å²) in [6.45, 7) is 2.55. The van der Waals surface area contributed by atoms with Gasteiger partial charge in [-0.3, -0.25) is 9.69 Å². The molecule has 1 fully saturated rings. The zero-order valence-electron chi connectivity index (χ0n) is 18.4. The van der Waals surface area contributed by atoms with Crippen molar-refractivity contribution in [2.75, 3.05) is 24.5 Å². The predicted octanol–water partition coefficient (Wildman–Crippen LogP) is 5.79. The van der Waals surface area contributed by atoms with E-state index in [-0.39, 0.29) is 11.9 Å². The van der Waals surface area contributed by atoms with Gasteiger partial charge in [0.25, 0.3) is 5.91 Å². The standard InChI is InChI=1S/C26H30ClN3O2/c27-23-12-10-21(11-13-23)19-29-16-5-17-30(26(29)32)24-9-4-8-22(18-24)25(31)28-15-14-20-6-2-1-3-7-20/h4,6,8-13,18H,1-3,5,7,14-17,19H2,(H,28,31). The van der Waals surface area contributed by atoms with E-state index in [1.165, 1.54) is 18.4 Å². The van der Waals surface area contributed by atoms with Crippen LogP contribution in [0.4, 0.5) is 10.5 Å². The minimum absolute atomic E-state index is 0.0343. The molecule has 1 heterocycles. The minimum Gasteiger partial charge on any atom is -0.352 e. The van der Waals surface area contributed by atoms with Crippen molar-refractivity contribution in [2.24, 2.45) is 0 Å². The van der Waals surface area contributed by atoms with E-state index in [1.807, 2.05) is 47.4 Å². The Morgan fingerprint density at radius 3 is 2.66 bits per heavy atom. The van der Waals surface area contributed by atoms with Gasteiger partial charge in [0.15, 0.2) is 0 Å². The molecule has 1 saturated heterocycles. The highest BCUT2D eigenvalue weighted by Gasteiger charge is 2.27. The van der Waals surface area contributed by atoms with Crippen LogP contribution in [0, 0.1) is 0 Å². The molecule has 4 rings (SSSR count). The maximum atomic E-state index is 13.1. The molecule has 0 radical (unpaired) electrons. The number of benzene rings is 2. The van der Waals surface area contributed by atoms with Gasteiger partial charge in [-0.15, -0.1) is 0 Å². The maximum Gasteiger partial charge on any atom is 0.324 e. The molecule has 6 heteroatoms. The first-order valence-corrected chi connectivity index (χ1v) is 11.8. The lowest BCUT2D eigenvalue weighted by Gasteiger charge is -2.35. The van der Waals surface area contributed by atoms with E-state index in [9.17, 15) is 9.59 Å². The number of anilines is 1. The van der Waals surface area contributed by atoms with Crippen molar-refractivity contribution < 1.29 is 9.59 Å². The van der Waals surface area contributed by atoms with Gasteiger partial charge in [-0.05, 0) is 74.4 Å². The number of rotatable bonds is 7. The normalized spacial score (nSPS) is 16.7.